The molecule has 0 radical (unpaired) electrons. The summed E-state index contributed by atoms with van der Waals surface area (Å²) >= 11 is 6.16. The summed E-state index contributed by atoms with van der Waals surface area (Å²) in [6.45, 7) is 22.1. The van der Waals surface area contributed by atoms with E-state index in [9.17, 15) is 10.2 Å². The topological polar surface area (TPSA) is 70.8 Å². The van der Waals surface area contributed by atoms with Crippen LogP contribution in [0, 0.1) is 33.6 Å². The number of rotatable bonds is 2. The van der Waals surface area contributed by atoms with Crippen LogP contribution in [0.15, 0.2) is 52.4 Å². The molecule has 3 aromatic carbocycles. The van der Waals surface area contributed by atoms with Gasteiger partial charge in [0.25, 0.3) is 0 Å². The summed E-state index contributed by atoms with van der Waals surface area (Å²) < 4.78 is 0. The normalized spacial score (nSPS) is 17.2. The summed E-state index contributed by atoms with van der Waals surface area (Å²) in [4.78, 5) is 10.1. The molecule has 6 heteroatoms. The van der Waals surface area contributed by atoms with Crippen molar-refractivity contribution in [3.05, 3.63) is 80.9 Å². The first-order valence-corrected chi connectivity index (χ1v) is 14.8. The van der Waals surface area contributed by atoms with Crippen molar-refractivity contribution >= 4 is 34.4 Å². The Balaban J connectivity index is 0.000000305. The average Bonchev–Trinajstić information content (AvgIpc) is 3.19. The standard InChI is InChI=1S/C22H26N2.C14H21ClO2.Ni/c1-14-8-6-9-15(2)20(14)23-19-13-12-18(5)22(19)24-21-16(3)10-7-11-17(21)4;1-13(2,3)8-7-9(15)10(14(4,5)6)12(17)11(8)16;/h6-11,18H,12-13H2,1-5H3;7,16-17H,1-6H3;/q;;+2/p-2. The van der Waals surface area contributed by atoms with Crippen molar-refractivity contribution in [3.63, 3.8) is 0 Å². The van der Waals surface area contributed by atoms with E-state index in [0.29, 0.717) is 22.1 Å². The molecule has 42 heavy (non-hydrogen) atoms. The van der Waals surface area contributed by atoms with Crippen molar-refractivity contribution in [1.82, 2.24) is 0 Å². The number of nitrogens with zero attached hydrogens (tertiary/aromatic N) is 2. The zero-order valence-corrected chi connectivity index (χ0v) is 28.7. The predicted octanol–water partition coefficient (Wildman–Crippen LogP) is 9.28. The fourth-order valence-corrected chi connectivity index (χ4v) is 5.75. The molecule has 1 fully saturated rings. The first kappa shape index (κ1) is 35.6. The molecule has 0 heterocycles. The molecule has 0 saturated heterocycles. The Kier molecular flexibility index (Phi) is 11.7. The van der Waals surface area contributed by atoms with Gasteiger partial charge in [-0.15, -0.1) is 11.5 Å². The Morgan fingerprint density at radius 2 is 1.19 bits per heavy atom. The molecule has 0 aliphatic heterocycles. The zero-order chi connectivity index (χ0) is 30.9. The van der Waals surface area contributed by atoms with Gasteiger partial charge in [-0.1, -0.05) is 96.5 Å². The minimum Gasteiger partial charge on any atom is -0.873 e. The Morgan fingerprint density at radius 3 is 1.62 bits per heavy atom. The third-order valence-corrected chi connectivity index (χ3v) is 7.98. The number of hydrogen-bond donors (Lipinski definition) is 0. The van der Waals surface area contributed by atoms with Crippen molar-refractivity contribution in [2.45, 2.75) is 99.8 Å². The summed E-state index contributed by atoms with van der Waals surface area (Å²) in [5, 5.41) is 24.6. The summed E-state index contributed by atoms with van der Waals surface area (Å²) in [6.07, 6.45) is 2.15. The predicted molar refractivity (Wildman–Crippen MR) is 172 cm³/mol. The molecule has 1 saturated carbocycles. The van der Waals surface area contributed by atoms with Crippen molar-refractivity contribution in [3.8, 4) is 11.5 Å². The van der Waals surface area contributed by atoms with Crippen molar-refractivity contribution in [2.75, 3.05) is 0 Å². The van der Waals surface area contributed by atoms with Crippen LogP contribution in [0.25, 0.3) is 0 Å². The molecule has 1 aliphatic carbocycles. The second-order valence-corrected chi connectivity index (χ2v) is 13.8. The first-order chi connectivity index (χ1) is 18.9. The number of aryl methyl sites for hydroxylation is 4. The van der Waals surface area contributed by atoms with Gasteiger partial charge in [0, 0.05) is 10.9 Å². The second kappa shape index (κ2) is 13.8. The minimum absolute atomic E-state index is 0. The maximum Gasteiger partial charge on any atom is 2.00 e. The van der Waals surface area contributed by atoms with E-state index in [-0.39, 0.29) is 21.9 Å². The summed E-state index contributed by atoms with van der Waals surface area (Å²) in [5.41, 5.74) is 9.57. The van der Waals surface area contributed by atoms with E-state index in [4.69, 9.17) is 21.6 Å². The minimum atomic E-state index is -0.463. The average molecular weight is 632 g/mol. The molecule has 0 bridgehead atoms. The molecule has 0 N–H and O–H groups in total. The van der Waals surface area contributed by atoms with Gasteiger partial charge in [0.05, 0.1) is 22.8 Å². The van der Waals surface area contributed by atoms with Crippen LogP contribution in [0.1, 0.15) is 94.7 Å². The molecule has 0 spiro atoms. The Labute approximate surface area is 268 Å². The van der Waals surface area contributed by atoms with E-state index in [1.54, 1.807) is 6.07 Å². The largest absolute Gasteiger partial charge is 2.00 e. The monoisotopic (exact) mass is 630 g/mol. The van der Waals surface area contributed by atoms with Gasteiger partial charge in [-0.05, 0) is 90.8 Å². The number of hydrogen-bond acceptors (Lipinski definition) is 4. The van der Waals surface area contributed by atoms with E-state index in [0.717, 1.165) is 35.6 Å². The van der Waals surface area contributed by atoms with Gasteiger partial charge in [-0.2, -0.15) is 0 Å². The summed E-state index contributed by atoms with van der Waals surface area (Å²) in [6, 6.07) is 14.4. The van der Waals surface area contributed by atoms with E-state index in [1.165, 1.54) is 22.3 Å². The van der Waals surface area contributed by atoms with Crippen LogP contribution in [0.3, 0.4) is 0 Å². The van der Waals surface area contributed by atoms with Crippen LogP contribution in [0.2, 0.25) is 5.02 Å². The number of halogens is 1. The quantitative estimate of drug-likeness (QED) is 0.265. The second-order valence-electron chi connectivity index (χ2n) is 13.4. The van der Waals surface area contributed by atoms with Crippen LogP contribution in [0.4, 0.5) is 11.4 Å². The van der Waals surface area contributed by atoms with Gasteiger partial charge in [-0.3, -0.25) is 9.98 Å². The summed E-state index contributed by atoms with van der Waals surface area (Å²) in [7, 11) is 0. The van der Waals surface area contributed by atoms with Gasteiger partial charge in [-0.25, -0.2) is 0 Å². The number of benzene rings is 3. The summed E-state index contributed by atoms with van der Waals surface area (Å²) in [5.74, 6) is -0.422. The van der Waals surface area contributed by atoms with Crippen LogP contribution in [0.5, 0.6) is 11.5 Å². The van der Waals surface area contributed by atoms with E-state index >= 15 is 0 Å². The smallest absolute Gasteiger partial charge is 0.873 e. The number of aliphatic imine (C=N–C) groups is 2. The van der Waals surface area contributed by atoms with Gasteiger partial charge < -0.3 is 10.2 Å². The molecule has 228 valence electrons. The maximum absolute atomic E-state index is 12.1. The SMILES string of the molecule is CC(C)(C)c1cc(Cl)c(C(C)(C)C)c([O-])c1[O-].Cc1cccc(C)c1N=C1CCC(C)C1=Nc1c(C)cccc1C.[Ni+2]. The van der Waals surface area contributed by atoms with Crippen molar-refractivity contribution in [2.24, 2.45) is 15.9 Å². The van der Waals surface area contributed by atoms with Gasteiger partial charge in [0.1, 0.15) is 0 Å². The van der Waals surface area contributed by atoms with Gasteiger partial charge in [0.2, 0.25) is 0 Å². The molecular formula is C36H45ClN2NiO2. The Morgan fingerprint density at radius 1 is 0.738 bits per heavy atom. The molecule has 4 rings (SSSR count). The molecule has 1 aliphatic rings. The third-order valence-electron chi connectivity index (χ3n) is 7.68. The van der Waals surface area contributed by atoms with Crippen LogP contribution in [-0.2, 0) is 27.3 Å². The van der Waals surface area contributed by atoms with Crippen molar-refractivity contribution in [1.29, 1.82) is 0 Å². The third kappa shape index (κ3) is 8.05. The maximum atomic E-state index is 12.1. The molecule has 0 aromatic heterocycles. The molecule has 1 atom stereocenters. The van der Waals surface area contributed by atoms with Crippen LogP contribution < -0.4 is 10.2 Å². The van der Waals surface area contributed by atoms with E-state index in [1.807, 2.05) is 41.5 Å². The van der Waals surface area contributed by atoms with Gasteiger partial charge in [0.15, 0.2) is 0 Å². The fourth-order valence-electron chi connectivity index (χ4n) is 5.27. The van der Waals surface area contributed by atoms with Crippen LogP contribution in [-0.4, -0.2) is 11.4 Å². The Bertz CT molecular complexity index is 1450. The number of para-hydroxylation sites is 2. The molecule has 1 unspecified atom stereocenters. The van der Waals surface area contributed by atoms with E-state index in [2.05, 4.69) is 71.0 Å². The van der Waals surface area contributed by atoms with Gasteiger partial charge >= 0.3 is 16.5 Å². The molecular weight excluding hydrogens is 587 g/mol. The zero-order valence-electron chi connectivity index (χ0n) is 26.9. The first-order valence-electron chi connectivity index (χ1n) is 14.4. The molecule has 4 nitrogen and oxygen atoms in total. The van der Waals surface area contributed by atoms with Crippen LogP contribution >= 0.6 is 11.6 Å². The Hall–Kier alpha value is -2.62. The fraction of sp³-hybridized carbons (Fsp3) is 0.444. The van der Waals surface area contributed by atoms with Crippen molar-refractivity contribution < 1.29 is 26.7 Å². The van der Waals surface area contributed by atoms with E-state index < -0.39 is 16.9 Å². The molecule has 0 amide bonds. The molecule has 3 aromatic rings.